The third kappa shape index (κ3) is 2.54. The van der Waals surface area contributed by atoms with Gasteiger partial charge in [0.1, 0.15) is 11.9 Å². The molecule has 2 aliphatic rings. The lowest BCUT2D eigenvalue weighted by Gasteiger charge is -2.19. The average Bonchev–Trinajstić information content (AvgIpc) is 2.90. The van der Waals surface area contributed by atoms with Crippen LogP contribution in [0.3, 0.4) is 0 Å². The number of ether oxygens (including phenoxy) is 1. The van der Waals surface area contributed by atoms with E-state index in [4.69, 9.17) is 4.74 Å². The smallest absolute Gasteiger partial charge is 0.216 e. The molecule has 0 fully saturated rings. The van der Waals surface area contributed by atoms with Crippen LogP contribution in [-0.4, -0.2) is 18.6 Å². The van der Waals surface area contributed by atoms with Crippen LogP contribution in [0, 0.1) is 12.8 Å². The fourth-order valence-corrected chi connectivity index (χ4v) is 4.06. The Morgan fingerprint density at radius 2 is 2.10 bits per heavy atom. The fourth-order valence-electron chi connectivity index (χ4n) is 4.06. The van der Waals surface area contributed by atoms with Gasteiger partial charge in [0.25, 0.3) is 0 Å². The first-order chi connectivity index (χ1) is 9.97. The minimum absolute atomic E-state index is 0.0623. The first kappa shape index (κ1) is 14.4. The number of hydrogen-bond acceptors (Lipinski definition) is 2. The Bertz CT molecular complexity index is 579. The Kier molecular flexibility index (Phi) is 3.68. The molecule has 0 saturated heterocycles. The Morgan fingerprint density at radius 1 is 1.33 bits per heavy atom. The maximum Gasteiger partial charge on any atom is 0.216 e. The average molecular weight is 287 g/mol. The Balaban J connectivity index is 1.92. The van der Waals surface area contributed by atoms with Crippen LogP contribution in [0.1, 0.15) is 55.4 Å². The highest BCUT2D eigenvalue weighted by Gasteiger charge is 2.36. The maximum absolute atomic E-state index is 11.1. The summed E-state index contributed by atoms with van der Waals surface area (Å²) in [7, 11) is 0. The molecular weight excluding hydrogens is 262 g/mol. The van der Waals surface area contributed by atoms with Crippen molar-refractivity contribution in [2.24, 2.45) is 5.92 Å². The van der Waals surface area contributed by atoms with Crippen molar-refractivity contribution in [2.75, 3.05) is 6.54 Å². The molecule has 1 aromatic rings. The molecule has 1 aliphatic carbocycles. The lowest BCUT2D eigenvalue weighted by molar-refractivity contribution is -0.118. The third-order valence-corrected chi connectivity index (χ3v) is 5.00. The summed E-state index contributed by atoms with van der Waals surface area (Å²) in [6.45, 7) is 9.04. The van der Waals surface area contributed by atoms with E-state index in [1.165, 1.54) is 22.3 Å². The number of benzene rings is 1. The van der Waals surface area contributed by atoms with Crippen molar-refractivity contribution >= 4 is 5.91 Å². The van der Waals surface area contributed by atoms with E-state index in [0.717, 1.165) is 31.6 Å². The number of aryl methyl sites for hydroxylation is 1. The van der Waals surface area contributed by atoms with Crippen LogP contribution in [0.5, 0.6) is 5.75 Å². The molecule has 1 aliphatic heterocycles. The Labute approximate surface area is 127 Å². The molecule has 3 heteroatoms. The van der Waals surface area contributed by atoms with Gasteiger partial charge < -0.3 is 10.1 Å². The van der Waals surface area contributed by atoms with Gasteiger partial charge in [-0.25, -0.2) is 0 Å². The first-order valence-corrected chi connectivity index (χ1v) is 8.03. The van der Waals surface area contributed by atoms with Crippen molar-refractivity contribution in [1.82, 2.24) is 5.32 Å². The normalized spacial score (nSPS) is 26.2. The second kappa shape index (κ2) is 5.36. The SMILES string of the molecule is CC(=O)NCCC1c2c(c(C)cc3c2CC(C)O3)CC1C. The molecule has 3 unspecified atom stereocenters. The molecule has 1 N–H and O–H groups in total. The van der Waals surface area contributed by atoms with Crippen LogP contribution in [0.2, 0.25) is 0 Å². The first-order valence-electron chi connectivity index (χ1n) is 8.03. The van der Waals surface area contributed by atoms with Crippen molar-refractivity contribution in [2.45, 2.75) is 59.0 Å². The highest BCUT2D eigenvalue weighted by atomic mass is 16.5. The molecule has 0 spiro atoms. The van der Waals surface area contributed by atoms with Gasteiger partial charge in [-0.15, -0.1) is 0 Å². The summed E-state index contributed by atoms with van der Waals surface area (Å²) in [5, 5.41) is 2.94. The molecular formula is C18H25NO2. The van der Waals surface area contributed by atoms with Crippen molar-refractivity contribution < 1.29 is 9.53 Å². The van der Waals surface area contributed by atoms with E-state index in [9.17, 15) is 4.79 Å². The highest BCUT2D eigenvalue weighted by molar-refractivity contribution is 5.72. The van der Waals surface area contributed by atoms with E-state index in [1.54, 1.807) is 6.92 Å². The largest absolute Gasteiger partial charge is 0.490 e. The maximum atomic E-state index is 11.1. The summed E-state index contributed by atoms with van der Waals surface area (Å²) >= 11 is 0. The third-order valence-electron chi connectivity index (χ3n) is 5.00. The zero-order chi connectivity index (χ0) is 15.1. The van der Waals surface area contributed by atoms with Gasteiger partial charge in [0.15, 0.2) is 0 Å². The molecule has 1 amide bonds. The summed E-state index contributed by atoms with van der Waals surface area (Å²) in [6, 6.07) is 2.22. The van der Waals surface area contributed by atoms with E-state index in [2.05, 4.69) is 32.2 Å². The number of amides is 1. The molecule has 0 radical (unpaired) electrons. The summed E-state index contributed by atoms with van der Waals surface area (Å²) in [6.07, 6.45) is 3.50. The minimum atomic E-state index is 0.0623. The van der Waals surface area contributed by atoms with E-state index in [1.807, 2.05) is 0 Å². The Morgan fingerprint density at radius 3 is 2.81 bits per heavy atom. The van der Waals surface area contributed by atoms with Crippen molar-refractivity contribution in [3.63, 3.8) is 0 Å². The zero-order valence-corrected chi connectivity index (χ0v) is 13.5. The molecule has 0 saturated carbocycles. The monoisotopic (exact) mass is 287 g/mol. The summed E-state index contributed by atoms with van der Waals surface area (Å²) in [5.74, 6) is 2.36. The van der Waals surface area contributed by atoms with Crippen LogP contribution in [-0.2, 0) is 17.6 Å². The van der Waals surface area contributed by atoms with E-state index in [0.29, 0.717) is 11.8 Å². The van der Waals surface area contributed by atoms with E-state index < -0.39 is 0 Å². The molecule has 114 valence electrons. The summed E-state index contributed by atoms with van der Waals surface area (Å²) < 4.78 is 5.97. The van der Waals surface area contributed by atoms with Gasteiger partial charge in [0.2, 0.25) is 5.91 Å². The number of fused-ring (bicyclic) bond motifs is 3. The molecule has 3 rings (SSSR count). The van der Waals surface area contributed by atoms with Crippen molar-refractivity contribution in [3.05, 3.63) is 28.3 Å². The van der Waals surface area contributed by atoms with Crippen molar-refractivity contribution in [1.29, 1.82) is 0 Å². The van der Waals surface area contributed by atoms with Gasteiger partial charge in [0.05, 0.1) is 0 Å². The number of carbonyl (C=O) groups is 1. The number of nitrogens with one attached hydrogen (secondary N) is 1. The van der Waals surface area contributed by atoms with Gasteiger partial charge in [-0.1, -0.05) is 6.92 Å². The van der Waals surface area contributed by atoms with Crippen molar-refractivity contribution in [3.8, 4) is 5.75 Å². The lowest BCUT2D eigenvalue weighted by atomic mass is 9.86. The number of hydrogen-bond donors (Lipinski definition) is 1. The van der Waals surface area contributed by atoms with Crippen LogP contribution >= 0.6 is 0 Å². The van der Waals surface area contributed by atoms with Crippen LogP contribution in [0.4, 0.5) is 0 Å². The fraction of sp³-hybridized carbons (Fsp3) is 0.611. The standard InChI is InChI=1S/C18H25NO2/c1-10-7-15-11(2)8-17-16(9-12(3)21-17)18(15)14(10)5-6-19-13(4)20/h8,10,12,14H,5-7,9H2,1-4H3,(H,19,20). The molecule has 21 heavy (non-hydrogen) atoms. The van der Waals surface area contributed by atoms with Gasteiger partial charge in [0, 0.05) is 25.5 Å². The van der Waals surface area contributed by atoms with Gasteiger partial charge in [-0.2, -0.15) is 0 Å². The second-order valence-electron chi connectivity index (χ2n) is 6.75. The van der Waals surface area contributed by atoms with Crippen LogP contribution in [0.15, 0.2) is 6.07 Å². The number of carbonyl (C=O) groups excluding carboxylic acids is 1. The highest BCUT2D eigenvalue weighted by Crippen LogP contribution is 2.48. The van der Waals surface area contributed by atoms with Gasteiger partial charge in [-0.3, -0.25) is 4.79 Å². The molecule has 1 aromatic carbocycles. The summed E-state index contributed by atoms with van der Waals surface area (Å²) in [4.78, 5) is 11.1. The summed E-state index contributed by atoms with van der Waals surface area (Å²) in [5.41, 5.74) is 5.87. The molecule has 1 heterocycles. The second-order valence-corrected chi connectivity index (χ2v) is 6.75. The van der Waals surface area contributed by atoms with Gasteiger partial charge in [-0.05, 0) is 61.3 Å². The zero-order valence-electron chi connectivity index (χ0n) is 13.5. The molecule has 0 aromatic heterocycles. The van der Waals surface area contributed by atoms with Crippen LogP contribution in [0.25, 0.3) is 0 Å². The quantitative estimate of drug-likeness (QED) is 0.927. The lowest BCUT2D eigenvalue weighted by Crippen LogP contribution is -2.23. The predicted molar refractivity (Wildman–Crippen MR) is 83.9 cm³/mol. The number of rotatable bonds is 3. The van der Waals surface area contributed by atoms with Gasteiger partial charge >= 0.3 is 0 Å². The molecule has 3 atom stereocenters. The topological polar surface area (TPSA) is 38.3 Å². The van der Waals surface area contributed by atoms with E-state index in [-0.39, 0.29) is 12.0 Å². The predicted octanol–water partition coefficient (Wildman–Crippen LogP) is 3.12. The van der Waals surface area contributed by atoms with E-state index >= 15 is 0 Å². The minimum Gasteiger partial charge on any atom is -0.490 e. The Hall–Kier alpha value is -1.51. The molecule has 0 bridgehead atoms. The molecule has 3 nitrogen and oxygen atoms in total. The van der Waals surface area contributed by atoms with Crippen LogP contribution < -0.4 is 10.1 Å².